The maximum Gasteiger partial charge on any atom is 0.297 e. The van der Waals surface area contributed by atoms with Gasteiger partial charge in [0.1, 0.15) is 33.9 Å². The van der Waals surface area contributed by atoms with E-state index < -0.39 is 26.0 Å². The largest absolute Gasteiger partial charge is 0.324 e. The van der Waals surface area contributed by atoms with Crippen molar-refractivity contribution in [3.63, 3.8) is 0 Å². The highest BCUT2D eigenvalue weighted by Gasteiger charge is 2.19. The lowest BCUT2D eigenvalue weighted by Gasteiger charge is -2.12. The van der Waals surface area contributed by atoms with Gasteiger partial charge in [-0.15, -0.1) is 0 Å². The number of rotatable bonds is 10. The molecule has 2 heterocycles. The third kappa shape index (κ3) is 8.10. The van der Waals surface area contributed by atoms with Crippen LogP contribution in [0, 0.1) is 27.7 Å². The summed E-state index contributed by atoms with van der Waals surface area (Å²) in [5, 5.41) is 5.97. The molecular formula is C26H28N8O6S2. The molecular weight excluding hydrogens is 584 g/mol. The molecule has 0 saturated carbocycles. The van der Waals surface area contributed by atoms with Gasteiger partial charge in [-0.05, 0) is 68.7 Å². The molecule has 0 aliphatic carbocycles. The molecule has 4 aromatic rings. The molecule has 0 radical (unpaired) electrons. The molecule has 42 heavy (non-hydrogen) atoms. The monoisotopic (exact) mass is 612 g/mol. The van der Waals surface area contributed by atoms with Crippen LogP contribution in [-0.4, -0.2) is 58.4 Å². The van der Waals surface area contributed by atoms with Gasteiger partial charge in [0, 0.05) is 11.4 Å². The van der Waals surface area contributed by atoms with Crippen LogP contribution < -0.4 is 10.6 Å². The van der Waals surface area contributed by atoms with Gasteiger partial charge >= 0.3 is 0 Å². The van der Waals surface area contributed by atoms with Crippen molar-refractivity contribution in [1.82, 2.24) is 29.9 Å². The first-order valence-electron chi connectivity index (χ1n) is 12.3. The Balaban J connectivity index is 1.71. The smallest absolute Gasteiger partial charge is 0.297 e. The molecule has 0 fully saturated rings. The van der Waals surface area contributed by atoms with Crippen LogP contribution in [0.3, 0.4) is 0 Å². The van der Waals surface area contributed by atoms with Crippen molar-refractivity contribution < 1.29 is 25.6 Å². The lowest BCUT2D eigenvalue weighted by Crippen LogP contribution is -2.07. The van der Waals surface area contributed by atoms with Crippen LogP contribution in [0.15, 0.2) is 41.3 Å². The van der Waals surface area contributed by atoms with Crippen LogP contribution >= 0.6 is 0 Å². The second kappa shape index (κ2) is 12.2. The lowest BCUT2D eigenvalue weighted by atomic mass is 10.1. The fraction of sp³-hybridized carbons (Fsp3) is 0.231. The van der Waals surface area contributed by atoms with E-state index in [0.717, 1.165) is 7.11 Å². The third-order valence-corrected chi connectivity index (χ3v) is 7.66. The van der Waals surface area contributed by atoms with Crippen molar-refractivity contribution in [3.05, 3.63) is 76.4 Å². The van der Waals surface area contributed by atoms with Crippen LogP contribution in [0.4, 0.5) is 23.3 Å². The molecule has 0 unspecified atom stereocenters. The fourth-order valence-corrected chi connectivity index (χ4v) is 5.52. The molecule has 0 bridgehead atoms. The summed E-state index contributed by atoms with van der Waals surface area (Å²) in [6.45, 7) is 6.85. The van der Waals surface area contributed by atoms with Crippen molar-refractivity contribution in [3.8, 4) is 0 Å². The standard InChI is InChI=1S/C26H28N8O6S2/c1-15-27-16(2)30-25(29-15)33-22-10-8-19(21(12-22)14-41(35,36)37)6-7-20-9-11-23(13-24(20)42(38,39)40-5)34-26-31-17(3)28-18(4)32-26/h6-13H,14H2,1-5H3,(H,35,36,37)(H,27,29,30,33)(H,28,31,32,34)/b7-6+. The van der Waals surface area contributed by atoms with E-state index in [0.29, 0.717) is 40.2 Å². The number of anilines is 4. The van der Waals surface area contributed by atoms with Crippen molar-refractivity contribution in [2.75, 3.05) is 17.7 Å². The van der Waals surface area contributed by atoms with Gasteiger partial charge < -0.3 is 10.6 Å². The van der Waals surface area contributed by atoms with Crippen molar-refractivity contribution >= 4 is 55.7 Å². The fourth-order valence-electron chi connectivity index (χ4n) is 4.00. The van der Waals surface area contributed by atoms with E-state index in [9.17, 15) is 21.4 Å². The number of benzene rings is 2. The average Bonchev–Trinajstić information content (AvgIpc) is 2.86. The van der Waals surface area contributed by atoms with Gasteiger partial charge in [-0.25, -0.2) is 9.97 Å². The van der Waals surface area contributed by atoms with Gasteiger partial charge in [0.2, 0.25) is 11.9 Å². The van der Waals surface area contributed by atoms with Crippen LogP contribution in [0.1, 0.15) is 40.0 Å². The second-order valence-electron chi connectivity index (χ2n) is 9.10. The summed E-state index contributed by atoms with van der Waals surface area (Å²) in [6.07, 6.45) is 3.04. The summed E-state index contributed by atoms with van der Waals surface area (Å²) in [4.78, 5) is 24.9. The Hall–Kier alpha value is -4.38. The minimum Gasteiger partial charge on any atom is -0.324 e. The van der Waals surface area contributed by atoms with E-state index in [1.54, 1.807) is 52.0 Å². The lowest BCUT2D eigenvalue weighted by molar-refractivity contribution is 0.397. The summed E-state index contributed by atoms with van der Waals surface area (Å²) in [7, 11) is -7.52. The van der Waals surface area contributed by atoms with Gasteiger partial charge in [-0.3, -0.25) is 8.74 Å². The van der Waals surface area contributed by atoms with Crippen LogP contribution in [0.25, 0.3) is 12.2 Å². The molecule has 0 saturated heterocycles. The van der Waals surface area contributed by atoms with Gasteiger partial charge in [0.05, 0.1) is 7.11 Å². The highest BCUT2D eigenvalue weighted by atomic mass is 32.2. The maximum atomic E-state index is 12.8. The number of nitrogens with one attached hydrogen (secondary N) is 2. The second-order valence-corrected chi connectivity index (χ2v) is 12.2. The Bertz CT molecular complexity index is 1860. The molecule has 0 aliphatic heterocycles. The molecule has 4 rings (SSSR count). The minimum atomic E-state index is -4.41. The number of aromatic nitrogens is 6. The Morgan fingerprint density at radius 3 is 1.64 bits per heavy atom. The normalized spacial score (nSPS) is 12.0. The zero-order chi connectivity index (χ0) is 30.7. The SMILES string of the molecule is COS(=O)(=O)c1cc(Nc2nc(C)nc(C)n2)ccc1/C=C/c1ccc(Nc2nc(C)nc(C)n2)cc1CS(=O)(=O)O. The Morgan fingerprint density at radius 2 is 1.17 bits per heavy atom. The third-order valence-electron chi connectivity index (χ3n) is 5.66. The summed E-state index contributed by atoms with van der Waals surface area (Å²) in [5.41, 5.74) is 1.79. The Kier molecular flexibility index (Phi) is 8.91. The van der Waals surface area contributed by atoms with E-state index in [1.165, 1.54) is 24.3 Å². The zero-order valence-electron chi connectivity index (χ0n) is 23.3. The number of nitrogens with zero attached hydrogens (tertiary/aromatic N) is 6. The summed E-state index contributed by atoms with van der Waals surface area (Å²) >= 11 is 0. The van der Waals surface area contributed by atoms with Gasteiger partial charge in [0.25, 0.3) is 20.2 Å². The molecule has 0 amide bonds. The Morgan fingerprint density at radius 1 is 0.714 bits per heavy atom. The zero-order valence-corrected chi connectivity index (χ0v) is 24.9. The molecule has 14 nitrogen and oxygen atoms in total. The molecule has 3 N–H and O–H groups in total. The highest BCUT2D eigenvalue weighted by molar-refractivity contribution is 7.86. The molecule has 0 spiro atoms. The number of hydrogen-bond acceptors (Lipinski definition) is 13. The molecule has 2 aromatic carbocycles. The first kappa shape index (κ1) is 30.6. The van der Waals surface area contributed by atoms with Crippen LogP contribution in [0.2, 0.25) is 0 Å². The van der Waals surface area contributed by atoms with E-state index in [2.05, 4.69) is 40.5 Å². The van der Waals surface area contributed by atoms with E-state index >= 15 is 0 Å². The van der Waals surface area contributed by atoms with Gasteiger partial charge in [0.15, 0.2) is 0 Å². The maximum absolute atomic E-state index is 12.8. The summed E-state index contributed by atoms with van der Waals surface area (Å²) < 4.78 is 63.6. The average molecular weight is 613 g/mol. The van der Waals surface area contributed by atoms with E-state index in [4.69, 9.17) is 4.18 Å². The molecule has 2 aromatic heterocycles. The van der Waals surface area contributed by atoms with Gasteiger partial charge in [-0.2, -0.15) is 36.8 Å². The summed E-state index contributed by atoms with van der Waals surface area (Å²) in [6, 6.07) is 9.37. The molecule has 0 atom stereocenters. The van der Waals surface area contributed by atoms with Crippen LogP contribution in [-0.2, 0) is 30.2 Å². The molecule has 0 aliphatic rings. The predicted octanol–water partition coefficient (Wildman–Crippen LogP) is 3.67. The predicted molar refractivity (Wildman–Crippen MR) is 156 cm³/mol. The number of hydrogen-bond donors (Lipinski definition) is 3. The topological polar surface area (TPSA) is 199 Å². The summed E-state index contributed by atoms with van der Waals surface area (Å²) in [5.74, 6) is 1.83. The van der Waals surface area contributed by atoms with E-state index in [1.807, 2.05) is 0 Å². The van der Waals surface area contributed by atoms with Crippen LogP contribution in [0.5, 0.6) is 0 Å². The first-order valence-corrected chi connectivity index (χ1v) is 15.4. The molecule has 16 heteroatoms. The quantitative estimate of drug-likeness (QED) is 0.133. The first-order chi connectivity index (χ1) is 19.7. The van der Waals surface area contributed by atoms with Crippen molar-refractivity contribution in [2.24, 2.45) is 0 Å². The number of aryl methyl sites for hydroxylation is 4. The Labute approximate surface area is 243 Å². The minimum absolute atomic E-state index is 0.149. The van der Waals surface area contributed by atoms with Gasteiger partial charge in [-0.1, -0.05) is 24.3 Å². The van der Waals surface area contributed by atoms with Crippen molar-refractivity contribution in [1.29, 1.82) is 0 Å². The molecule has 220 valence electrons. The van der Waals surface area contributed by atoms with Crippen molar-refractivity contribution in [2.45, 2.75) is 38.3 Å². The van der Waals surface area contributed by atoms with E-state index in [-0.39, 0.29) is 27.9 Å². The highest BCUT2D eigenvalue weighted by Crippen LogP contribution is 2.27.